The highest BCUT2D eigenvalue weighted by Crippen LogP contribution is 2.14. The van der Waals surface area contributed by atoms with E-state index in [0.29, 0.717) is 78.7 Å². The molecule has 1 aliphatic rings. The van der Waals surface area contributed by atoms with Gasteiger partial charge in [0.1, 0.15) is 6.10 Å². The van der Waals surface area contributed by atoms with Crippen LogP contribution in [0.5, 0.6) is 0 Å². The summed E-state index contributed by atoms with van der Waals surface area (Å²) in [5.41, 5.74) is 0. The molecule has 1 aliphatic heterocycles. The molecule has 1 rings (SSSR count). The lowest BCUT2D eigenvalue weighted by molar-refractivity contribution is -0.0776. The Hall–Kier alpha value is -0.143. The van der Waals surface area contributed by atoms with Gasteiger partial charge in [-0.1, -0.05) is 0 Å². The van der Waals surface area contributed by atoms with Crippen LogP contribution in [0.15, 0.2) is 0 Å². The van der Waals surface area contributed by atoms with Gasteiger partial charge in [0.15, 0.2) is 0 Å². The normalized spacial score (nSPS) is 22.1. The van der Waals surface area contributed by atoms with Gasteiger partial charge in [-0.2, -0.15) is 0 Å². The molecule has 1 saturated heterocycles. The van der Waals surface area contributed by atoms with Crippen LogP contribution in [0.2, 0.25) is 6.04 Å². The summed E-state index contributed by atoms with van der Waals surface area (Å²) in [5.74, 6) is 0. The van der Waals surface area contributed by atoms with E-state index in [9.17, 15) is 0 Å². The van der Waals surface area contributed by atoms with E-state index in [2.05, 4.69) is 0 Å². The summed E-state index contributed by atoms with van der Waals surface area (Å²) in [6.07, 6.45) is 0.635. The van der Waals surface area contributed by atoms with Crippen LogP contribution < -0.4 is 0 Å². The van der Waals surface area contributed by atoms with E-state index in [4.69, 9.17) is 41.7 Å². The van der Waals surface area contributed by atoms with Crippen molar-refractivity contribution in [2.24, 2.45) is 0 Å². The molecule has 1 heterocycles. The lowest BCUT2D eigenvalue weighted by Crippen LogP contribution is -2.42. The summed E-state index contributed by atoms with van der Waals surface area (Å²) in [7, 11) is 2.30. The van der Waals surface area contributed by atoms with Gasteiger partial charge >= 0.3 is 8.80 Å². The van der Waals surface area contributed by atoms with Gasteiger partial charge in [0.05, 0.1) is 66.1 Å². The summed E-state index contributed by atoms with van der Waals surface area (Å²) >= 11 is 0. The Balaban J connectivity index is 2.25. The Morgan fingerprint density at radius 2 is 1.26 bits per heavy atom. The molecular formula is C17H36O9Si. The Kier molecular flexibility index (Phi) is 15.5. The van der Waals surface area contributed by atoms with Gasteiger partial charge in [-0.25, -0.2) is 0 Å². The molecule has 0 bridgehead atoms. The molecule has 0 N–H and O–H groups in total. The fourth-order valence-electron chi connectivity index (χ4n) is 2.45. The zero-order valence-electron chi connectivity index (χ0n) is 16.9. The minimum absolute atomic E-state index is 0.149. The Bertz CT molecular complexity index is 307. The summed E-state index contributed by atoms with van der Waals surface area (Å²) in [4.78, 5) is 0. The predicted molar refractivity (Wildman–Crippen MR) is 100 cm³/mol. The Morgan fingerprint density at radius 3 is 1.81 bits per heavy atom. The highest BCUT2D eigenvalue weighted by Gasteiger charge is 2.36. The highest BCUT2D eigenvalue weighted by atomic mass is 28.4. The maximum Gasteiger partial charge on any atom is 0.500 e. The van der Waals surface area contributed by atoms with E-state index in [1.807, 2.05) is 0 Å². The fraction of sp³-hybridized carbons (Fsp3) is 1.00. The third kappa shape index (κ3) is 12.1. The SMILES string of the molecule is CO[Si](CCCOCC1COCCOCCOCCOCCO1)(OC)OC. The van der Waals surface area contributed by atoms with Crippen molar-refractivity contribution in [1.29, 1.82) is 0 Å². The molecule has 1 atom stereocenters. The molecule has 0 aliphatic carbocycles. The average Bonchev–Trinajstić information content (AvgIpc) is 2.71. The molecule has 0 spiro atoms. The molecular weight excluding hydrogens is 376 g/mol. The van der Waals surface area contributed by atoms with Crippen molar-refractivity contribution in [3.63, 3.8) is 0 Å². The molecule has 0 aromatic carbocycles. The molecule has 27 heavy (non-hydrogen) atoms. The molecule has 1 unspecified atom stereocenters. The minimum atomic E-state index is -2.53. The number of hydrogen-bond acceptors (Lipinski definition) is 9. The molecule has 9 nitrogen and oxygen atoms in total. The largest absolute Gasteiger partial charge is 0.500 e. The molecule has 1 fully saturated rings. The van der Waals surface area contributed by atoms with Crippen molar-refractivity contribution >= 4 is 8.80 Å². The van der Waals surface area contributed by atoms with E-state index < -0.39 is 8.80 Å². The number of rotatable bonds is 9. The number of hydrogen-bond donors (Lipinski definition) is 0. The van der Waals surface area contributed by atoms with Crippen molar-refractivity contribution in [2.45, 2.75) is 18.6 Å². The highest BCUT2D eigenvalue weighted by molar-refractivity contribution is 6.60. The summed E-state index contributed by atoms with van der Waals surface area (Å²) in [6, 6.07) is 0.700. The Labute approximate surface area is 163 Å². The maximum absolute atomic E-state index is 5.81. The second-order valence-electron chi connectivity index (χ2n) is 5.88. The topological polar surface area (TPSA) is 83.1 Å². The summed E-state index contributed by atoms with van der Waals surface area (Å²) in [6.45, 7) is 5.75. The van der Waals surface area contributed by atoms with Crippen LogP contribution >= 0.6 is 0 Å². The quantitative estimate of drug-likeness (QED) is 0.402. The number of ether oxygens (including phenoxy) is 6. The van der Waals surface area contributed by atoms with Crippen LogP contribution in [0.3, 0.4) is 0 Å². The van der Waals surface area contributed by atoms with Gasteiger partial charge in [-0.15, -0.1) is 0 Å². The van der Waals surface area contributed by atoms with Crippen molar-refractivity contribution in [1.82, 2.24) is 0 Å². The smallest absolute Gasteiger partial charge is 0.379 e. The van der Waals surface area contributed by atoms with Crippen LogP contribution in [-0.4, -0.2) is 109 Å². The third-order valence-electron chi connectivity index (χ3n) is 4.01. The van der Waals surface area contributed by atoms with Gasteiger partial charge in [-0.05, 0) is 6.42 Å². The van der Waals surface area contributed by atoms with Crippen LogP contribution in [0.4, 0.5) is 0 Å². The third-order valence-corrected chi connectivity index (χ3v) is 6.84. The van der Waals surface area contributed by atoms with Gasteiger partial charge in [0.25, 0.3) is 0 Å². The molecule has 0 radical (unpaired) electrons. The minimum Gasteiger partial charge on any atom is -0.379 e. The summed E-state index contributed by atoms with van der Waals surface area (Å²) in [5, 5.41) is 0. The lowest BCUT2D eigenvalue weighted by atomic mass is 10.4. The molecule has 0 amide bonds. The molecule has 0 aromatic rings. The van der Waals surface area contributed by atoms with E-state index in [-0.39, 0.29) is 6.10 Å². The van der Waals surface area contributed by atoms with E-state index in [0.717, 1.165) is 6.42 Å². The van der Waals surface area contributed by atoms with Crippen LogP contribution in [0, 0.1) is 0 Å². The van der Waals surface area contributed by atoms with E-state index in [1.165, 1.54) is 0 Å². The second-order valence-corrected chi connectivity index (χ2v) is 8.97. The monoisotopic (exact) mass is 412 g/mol. The Morgan fingerprint density at radius 1 is 0.741 bits per heavy atom. The van der Waals surface area contributed by atoms with Gasteiger partial charge < -0.3 is 41.7 Å². The average molecular weight is 413 g/mol. The summed E-state index contributed by atoms with van der Waals surface area (Å²) < 4.78 is 49.6. The van der Waals surface area contributed by atoms with Crippen molar-refractivity contribution in [3.8, 4) is 0 Å². The lowest BCUT2D eigenvalue weighted by Gasteiger charge is -2.24. The van der Waals surface area contributed by atoms with E-state index >= 15 is 0 Å². The van der Waals surface area contributed by atoms with Crippen LogP contribution in [0.1, 0.15) is 6.42 Å². The van der Waals surface area contributed by atoms with Gasteiger partial charge in [0.2, 0.25) is 0 Å². The van der Waals surface area contributed by atoms with E-state index in [1.54, 1.807) is 21.3 Å². The van der Waals surface area contributed by atoms with Crippen molar-refractivity contribution < 1.29 is 41.7 Å². The van der Waals surface area contributed by atoms with Gasteiger partial charge in [0, 0.05) is 34.0 Å². The predicted octanol–water partition coefficient (Wildman–Crippen LogP) is 0.736. The van der Waals surface area contributed by atoms with Crippen molar-refractivity contribution in [3.05, 3.63) is 0 Å². The van der Waals surface area contributed by atoms with Crippen molar-refractivity contribution in [2.75, 3.05) is 94.0 Å². The first-order valence-electron chi connectivity index (χ1n) is 9.42. The van der Waals surface area contributed by atoms with Crippen LogP contribution in [0.25, 0.3) is 0 Å². The molecule has 162 valence electrons. The zero-order chi connectivity index (χ0) is 19.6. The molecule has 10 heteroatoms. The zero-order valence-corrected chi connectivity index (χ0v) is 17.9. The second kappa shape index (κ2) is 16.8. The first-order chi connectivity index (χ1) is 13.3. The molecule has 0 aromatic heterocycles. The standard InChI is InChI=1S/C17H36O9Si/c1-18-27(19-2,20-3)14-4-5-24-15-17-16-25-11-10-22-7-6-21-8-9-23-12-13-26-17/h17H,4-16H2,1-3H3. The molecule has 0 saturated carbocycles. The fourth-order valence-corrected chi connectivity index (χ4v) is 4.14. The first kappa shape index (κ1) is 24.9. The first-order valence-corrected chi connectivity index (χ1v) is 11.4. The maximum atomic E-state index is 5.81. The van der Waals surface area contributed by atoms with Crippen LogP contribution in [-0.2, 0) is 41.7 Å². The van der Waals surface area contributed by atoms with Gasteiger partial charge in [-0.3, -0.25) is 0 Å².